The van der Waals surface area contributed by atoms with Gasteiger partial charge in [-0.15, -0.1) is 0 Å². The molecule has 0 aromatic heterocycles. The summed E-state index contributed by atoms with van der Waals surface area (Å²) in [6.07, 6.45) is 2.47. The van der Waals surface area contributed by atoms with Gasteiger partial charge in [-0.3, -0.25) is 0 Å². The lowest BCUT2D eigenvalue weighted by Gasteiger charge is -2.33. The van der Waals surface area contributed by atoms with Gasteiger partial charge in [0.2, 0.25) is 0 Å². The zero-order chi connectivity index (χ0) is 15.2. The van der Waals surface area contributed by atoms with Crippen LogP contribution in [0.5, 0.6) is 0 Å². The van der Waals surface area contributed by atoms with Crippen molar-refractivity contribution in [1.82, 2.24) is 10.2 Å². The molecular weight excluding hydrogens is 265 g/mol. The van der Waals surface area contributed by atoms with E-state index in [0.29, 0.717) is 12.5 Å². The minimum atomic E-state index is -0.108. The molecule has 1 aromatic rings. The fourth-order valence-corrected chi connectivity index (χ4v) is 3.06. The summed E-state index contributed by atoms with van der Waals surface area (Å²) in [5.41, 5.74) is 1.81. The largest absolute Gasteiger partial charge is 0.374 e. The smallest absolute Gasteiger partial charge is 0.129 e. The number of likely N-dealkylation sites (tertiary alicyclic amines) is 1. The first-order valence-corrected chi connectivity index (χ1v) is 7.99. The molecule has 0 bridgehead atoms. The van der Waals surface area contributed by atoms with Gasteiger partial charge in [0.15, 0.2) is 0 Å². The standard InChI is InChI=1S/C17H28FN3/c1-4-19-12-15-16(18)6-5-7-17(15)21(3)13-14-8-10-20(2)11-9-14/h5-7,14,19H,4,8-13H2,1-3H3. The molecule has 1 aromatic carbocycles. The fraction of sp³-hybridized carbons (Fsp3) is 0.647. The average Bonchev–Trinajstić information content (AvgIpc) is 2.48. The zero-order valence-corrected chi connectivity index (χ0v) is 13.5. The van der Waals surface area contributed by atoms with Gasteiger partial charge in [-0.1, -0.05) is 13.0 Å². The molecule has 0 radical (unpaired) electrons. The number of nitrogens with one attached hydrogen (secondary N) is 1. The molecule has 1 aliphatic heterocycles. The Bertz CT molecular complexity index is 442. The maximum absolute atomic E-state index is 14.1. The summed E-state index contributed by atoms with van der Waals surface area (Å²) < 4.78 is 14.1. The third kappa shape index (κ3) is 4.42. The Labute approximate surface area is 128 Å². The van der Waals surface area contributed by atoms with E-state index in [-0.39, 0.29) is 5.82 Å². The normalized spacial score (nSPS) is 17.1. The van der Waals surface area contributed by atoms with Gasteiger partial charge in [-0.05, 0) is 57.6 Å². The van der Waals surface area contributed by atoms with Crippen molar-refractivity contribution >= 4 is 5.69 Å². The van der Waals surface area contributed by atoms with Crippen LogP contribution in [0.15, 0.2) is 18.2 Å². The van der Waals surface area contributed by atoms with Crippen molar-refractivity contribution in [3.8, 4) is 0 Å². The van der Waals surface area contributed by atoms with E-state index >= 15 is 0 Å². The summed E-state index contributed by atoms with van der Waals surface area (Å²) in [7, 11) is 4.27. The van der Waals surface area contributed by atoms with E-state index < -0.39 is 0 Å². The van der Waals surface area contributed by atoms with Crippen LogP contribution in [0, 0.1) is 11.7 Å². The maximum atomic E-state index is 14.1. The van der Waals surface area contributed by atoms with E-state index in [1.165, 1.54) is 25.9 Å². The second-order valence-electron chi connectivity index (χ2n) is 6.15. The van der Waals surface area contributed by atoms with Crippen LogP contribution in [0.2, 0.25) is 0 Å². The topological polar surface area (TPSA) is 18.5 Å². The highest BCUT2D eigenvalue weighted by molar-refractivity contribution is 5.53. The van der Waals surface area contributed by atoms with Crippen LogP contribution >= 0.6 is 0 Å². The average molecular weight is 293 g/mol. The first-order chi connectivity index (χ1) is 10.1. The van der Waals surface area contributed by atoms with E-state index in [1.807, 2.05) is 19.1 Å². The number of hydrogen-bond donors (Lipinski definition) is 1. The van der Waals surface area contributed by atoms with Gasteiger partial charge in [0.25, 0.3) is 0 Å². The van der Waals surface area contributed by atoms with Crippen LogP contribution in [-0.4, -0.2) is 45.2 Å². The minimum Gasteiger partial charge on any atom is -0.374 e. The summed E-state index contributed by atoms with van der Waals surface area (Å²) in [6.45, 7) is 6.85. The predicted molar refractivity (Wildman–Crippen MR) is 87.3 cm³/mol. The molecule has 1 saturated heterocycles. The molecule has 2 rings (SSSR count). The van der Waals surface area contributed by atoms with Crippen molar-refractivity contribution in [1.29, 1.82) is 0 Å². The van der Waals surface area contributed by atoms with Gasteiger partial charge in [0.1, 0.15) is 5.82 Å². The zero-order valence-electron chi connectivity index (χ0n) is 13.5. The van der Waals surface area contributed by atoms with Crippen LogP contribution in [0.4, 0.5) is 10.1 Å². The number of piperidine rings is 1. The number of nitrogens with zero attached hydrogens (tertiary/aromatic N) is 2. The lowest BCUT2D eigenvalue weighted by Crippen LogP contribution is -2.36. The van der Waals surface area contributed by atoms with Gasteiger partial charge in [-0.2, -0.15) is 0 Å². The van der Waals surface area contributed by atoms with Crippen molar-refractivity contribution in [2.75, 3.05) is 45.2 Å². The Balaban J connectivity index is 2.04. The SMILES string of the molecule is CCNCc1c(F)cccc1N(C)CC1CCN(C)CC1. The minimum absolute atomic E-state index is 0.108. The number of hydrogen-bond acceptors (Lipinski definition) is 3. The molecular formula is C17H28FN3. The lowest BCUT2D eigenvalue weighted by atomic mass is 9.96. The van der Waals surface area contributed by atoms with Crippen molar-refractivity contribution in [3.05, 3.63) is 29.6 Å². The highest BCUT2D eigenvalue weighted by Gasteiger charge is 2.20. The van der Waals surface area contributed by atoms with Gasteiger partial charge >= 0.3 is 0 Å². The molecule has 118 valence electrons. The molecule has 1 aliphatic rings. The molecule has 0 saturated carbocycles. The van der Waals surface area contributed by atoms with E-state index in [0.717, 1.165) is 24.3 Å². The van der Waals surface area contributed by atoms with Gasteiger partial charge in [-0.25, -0.2) is 4.39 Å². The number of rotatable bonds is 6. The molecule has 4 heteroatoms. The monoisotopic (exact) mass is 293 g/mol. The predicted octanol–water partition coefficient (Wildman–Crippen LogP) is 2.71. The molecule has 0 aliphatic carbocycles. The third-order valence-electron chi connectivity index (χ3n) is 4.43. The molecule has 1 heterocycles. The molecule has 21 heavy (non-hydrogen) atoms. The van der Waals surface area contributed by atoms with Crippen LogP contribution in [0.1, 0.15) is 25.3 Å². The van der Waals surface area contributed by atoms with Crippen LogP contribution in [-0.2, 0) is 6.54 Å². The Morgan fingerprint density at radius 3 is 2.71 bits per heavy atom. The first-order valence-electron chi connectivity index (χ1n) is 7.99. The van der Waals surface area contributed by atoms with Crippen molar-refractivity contribution in [2.24, 2.45) is 5.92 Å². The summed E-state index contributed by atoms with van der Waals surface area (Å²) in [4.78, 5) is 4.61. The van der Waals surface area contributed by atoms with E-state index in [9.17, 15) is 4.39 Å². The number of halogens is 1. The highest BCUT2D eigenvalue weighted by Crippen LogP contribution is 2.25. The van der Waals surface area contributed by atoms with E-state index in [2.05, 4.69) is 29.2 Å². The summed E-state index contributed by atoms with van der Waals surface area (Å²) in [5, 5.41) is 3.24. The molecule has 0 atom stereocenters. The summed E-state index contributed by atoms with van der Waals surface area (Å²) in [6, 6.07) is 5.40. The van der Waals surface area contributed by atoms with Crippen molar-refractivity contribution in [3.63, 3.8) is 0 Å². The van der Waals surface area contributed by atoms with Gasteiger partial charge in [0, 0.05) is 31.4 Å². The second-order valence-corrected chi connectivity index (χ2v) is 6.15. The summed E-state index contributed by atoms with van der Waals surface area (Å²) >= 11 is 0. The molecule has 1 N–H and O–H groups in total. The number of benzene rings is 1. The van der Waals surface area contributed by atoms with Gasteiger partial charge in [0.05, 0.1) is 0 Å². The second kappa shape index (κ2) is 7.76. The molecule has 0 spiro atoms. The fourth-order valence-electron chi connectivity index (χ4n) is 3.06. The summed E-state index contributed by atoms with van der Waals surface area (Å²) in [5.74, 6) is 0.602. The van der Waals surface area contributed by atoms with Crippen LogP contribution < -0.4 is 10.2 Å². The van der Waals surface area contributed by atoms with Crippen molar-refractivity contribution < 1.29 is 4.39 Å². The Kier molecular flexibility index (Phi) is 6.00. The molecule has 3 nitrogen and oxygen atoms in total. The maximum Gasteiger partial charge on any atom is 0.129 e. The van der Waals surface area contributed by atoms with E-state index in [4.69, 9.17) is 0 Å². The number of anilines is 1. The molecule has 0 amide bonds. The molecule has 1 fully saturated rings. The van der Waals surface area contributed by atoms with Crippen LogP contribution in [0.3, 0.4) is 0 Å². The Hall–Kier alpha value is -1.13. The lowest BCUT2D eigenvalue weighted by molar-refractivity contribution is 0.222. The van der Waals surface area contributed by atoms with Gasteiger partial charge < -0.3 is 15.1 Å². The van der Waals surface area contributed by atoms with Crippen LogP contribution in [0.25, 0.3) is 0 Å². The Morgan fingerprint density at radius 1 is 1.33 bits per heavy atom. The Morgan fingerprint density at radius 2 is 2.05 bits per heavy atom. The first kappa shape index (κ1) is 16.2. The quantitative estimate of drug-likeness (QED) is 0.870. The van der Waals surface area contributed by atoms with Crippen molar-refractivity contribution in [2.45, 2.75) is 26.3 Å². The third-order valence-corrected chi connectivity index (χ3v) is 4.43. The molecule has 0 unspecified atom stereocenters. The highest BCUT2D eigenvalue weighted by atomic mass is 19.1. The van der Waals surface area contributed by atoms with E-state index in [1.54, 1.807) is 6.07 Å².